The Hall–Kier alpha value is -1.47. The number of hydrogen-bond acceptors (Lipinski definition) is 4. The van der Waals surface area contributed by atoms with Gasteiger partial charge in [-0.2, -0.15) is 0 Å². The van der Waals surface area contributed by atoms with Gasteiger partial charge in [0.15, 0.2) is 11.5 Å². The smallest absolute Gasteiger partial charge is 0.174 e. The van der Waals surface area contributed by atoms with Gasteiger partial charge in [0.2, 0.25) is 0 Å². The summed E-state index contributed by atoms with van der Waals surface area (Å²) in [5.74, 6) is 1.49. The maximum atomic E-state index is 9.80. The zero-order chi connectivity index (χ0) is 16.8. The van der Waals surface area contributed by atoms with Crippen molar-refractivity contribution in [1.29, 1.82) is 0 Å². The van der Waals surface area contributed by atoms with Crippen LogP contribution in [0.5, 0.6) is 17.2 Å². The molecule has 0 heterocycles. The zero-order valence-corrected chi connectivity index (χ0v) is 15.8. The number of ether oxygens (including phenoxy) is 2. The number of phenols is 1. The van der Waals surface area contributed by atoms with Crippen molar-refractivity contribution in [1.82, 2.24) is 0 Å². The number of nitrogens with zero attached hydrogens (tertiary/aromatic N) is 1. The fraction of sp³-hybridized carbons (Fsp3) is 0.235. The number of aliphatic imine (C=N–C) groups is 1. The molecular formula is C17H17ClINO3. The summed E-state index contributed by atoms with van der Waals surface area (Å²) in [7, 11) is 0. The molecule has 2 aromatic rings. The van der Waals surface area contributed by atoms with Crippen LogP contribution in [0, 0.1) is 3.57 Å². The molecule has 122 valence electrons. The second-order valence-electron chi connectivity index (χ2n) is 4.59. The van der Waals surface area contributed by atoms with Crippen LogP contribution in [-0.4, -0.2) is 24.5 Å². The van der Waals surface area contributed by atoms with Crippen LogP contribution in [0.4, 0.5) is 5.69 Å². The van der Waals surface area contributed by atoms with Crippen LogP contribution in [0.1, 0.15) is 19.4 Å². The number of hydrogen-bond donors (Lipinski definition) is 1. The van der Waals surface area contributed by atoms with Crippen LogP contribution >= 0.6 is 34.2 Å². The van der Waals surface area contributed by atoms with E-state index < -0.39 is 0 Å². The van der Waals surface area contributed by atoms with Crippen molar-refractivity contribution >= 4 is 46.1 Å². The summed E-state index contributed by atoms with van der Waals surface area (Å²) in [6, 6.07) is 8.54. The minimum Gasteiger partial charge on any atom is -0.506 e. The zero-order valence-electron chi connectivity index (χ0n) is 12.8. The van der Waals surface area contributed by atoms with Gasteiger partial charge in [0.25, 0.3) is 0 Å². The van der Waals surface area contributed by atoms with Crippen molar-refractivity contribution in [2.75, 3.05) is 13.2 Å². The van der Waals surface area contributed by atoms with Crippen LogP contribution in [0.2, 0.25) is 5.02 Å². The average Bonchev–Trinajstić information content (AvgIpc) is 2.52. The number of aromatic hydroxyl groups is 1. The lowest BCUT2D eigenvalue weighted by atomic mass is 10.2. The third kappa shape index (κ3) is 4.75. The largest absolute Gasteiger partial charge is 0.506 e. The number of benzene rings is 2. The first kappa shape index (κ1) is 17.9. The van der Waals surface area contributed by atoms with Crippen molar-refractivity contribution in [2.24, 2.45) is 4.99 Å². The number of phenolic OH excluding ortho intramolecular Hbond substituents is 1. The van der Waals surface area contributed by atoms with E-state index in [0.717, 1.165) is 14.9 Å². The van der Waals surface area contributed by atoms with Crippen molar-refractivity contribution < 1.29 is 14.6 Å². The van der Waals surface area contributed by atoms with Crippen molar-refractivity contribution in [3.63, 3.8) is 0 Å². The molecule has 1 N–H and O–H groups in total. The molecule has 0 amide bonds. The molecule has 0 spiro atoms. The summed E-state index contributed by atoms with van der Waals surface area (Å²) in [6.45, 7) is 4.97. The molecule has 0 aliphatic rings. The van der Waals surface area contributed by atoms with Gasteiger partial charge in [0.1, 0.15) is 11.4 Å². The molecule has 0 atom stereocenters. The summed E-state index contributed by atoms with van der Waals surface area (Å²) in [5.41, 5.74) is 1.26. The van der Waals surface area contributed by atoms with Gasteiger partial charge in [-0.25, -0.2) is 0 Å². The monoisotopic (exact) mass is 445 g/mol. The molecule has 0 aromatic heterocycles. The molecule has 0 saturated heterocycles. The van der Waals surface area contributed by atoms with Gasteiger partial charge in [0.05, 0.1) is 16.8 Å². The lowest BCUT2D eigenvalue weighted by molar-refractivity contribution is 0.286. The lowest BCUT2D eigenvalue weighted by Gasteiger charge is -2.13. The Morgan fingerprint density at radius 2 is 1.91 bits per heavy atom. The van der Waals surface area contributed by atoms with E-state index in [2.05, 4.69) is 27.6 Å². The van der Waals surface area contributed by atoms with Crippen molar-refractivity contribution in [3.05, 3.63) is 44.5 Å². The van der Waals surface area contributed by atoms with Crippen LogP contribution in [0.15, 0.2) is 35.3 Å². The minimum atomic E-state index is 0.0799. The van der Waals surface area contributed by atoms with Gasteiger partial charge in [-0.1, -0.05) is 11.6 Å². The highest BCUT2D eigenvalue weighted by Gasteiger charge is 2.11. The molecule has 0 bridgehead atoms. The summed E-state index contributed by atoms with van der Waals surface area (Å²) < 4.78 is 12.2. The Bertz CT molecular complexity index is 719. The summed E-state index contributed by atoms with van der Waals surface area (Å²) >= 11 is 8.13. The molecule has 6 heteroatoms. The average molecular weight is 446 g/mol. The fourth-order valence-electron chi connectivity index (χ4n) is 1.95. The number of rotatable bonds is 6. The van der Waals surface area contributed by atoms with Gasteiger partial charge in [-0.05, 0) is 72.3 Å². The Labute approximate surface area is 154 Å². The molecule has 0 unspecified atom stereocenters. The summed E-state index contributed by atoms with van der Waals surface area (Å²) in [5, 5.41) is 10.3. The Morgan fingerprint density at radius 1 is 1.17 bits per heavy atom. The second-order valence-corrected chi connectivity index (χ2v) is 6.19. The topological polar surface area (TPSA) is 51.0 Å². The molecule has 23 heavy (non-hydrogen) atoms. The first-order valence-corrected chi connectivity index (χ1v) is 8.62. The summed E-state index contributed by atoms with van der Waals surface area (Å²) in [4.78, 5) is 4.30. The third-order valence-corrected chi connectivity index (χ3v) is 3.95. The first-order valence-electron chi connectivity index (χ1n) is 7.16. The van der Waals surface area contributed by atoms with E-state index in [1.165, 1.54) is 6.07 Å². The van der Waals surface area contributed by atoms with Gasteiger partial charge in [-0.15, -0.1) is 0 Å². The Kier molecular flexibility index (Phi) is 6.53. The molecule has 0 aliphatic carbocycles. The van der Waals surface area contributed by atoms with Gasteiger partial charge >= 0.3 is 0 Å². The van der Waals surface area contributed by atoms with Crippen molar-refractivity contribution in [3.8, 4) is 17.2 Å². The lowest BCUT2D eigenvalue weighted by Crippen LogP contribution is -2.01. The van der Waals surface area contributed by atoms with Crippen LogP contribution in [0.3, 0.4) is 0 Å². The Morgan fingerprint density at radius 3 is 2.61 bits per heavy atom. The van der Waals surface area contributed by atoms with Gasteiger partial charge < -0.3 is 14.6 Å². The standard InChI is InChI=1S/C17H17ClINO3/c1-3-22-16-8-11(7-13(19)17(16)23-4-2)10-20-14-9-12(18)5-6-15(14)21/h5-10,21H,3-4H2,1-2H3. The molecule has 0 fully saturated rings. The quantitative estimate of drug-likeness (QED) is 0.491. The van der Waals surface area contributed by atoms with E-state index in [9.17, 15) is 5.11 Å². The highest BCUT2D eigenvalue weighted by atomic mass is 127. The molecular weight excluding hydrogens is 429 g/mol. The fourth-order valence-corrected chi connectivity index (χ4v) is 2.90. The highest BCUT2D eigenvalue weighted by molar-refractivity contribution is 14.1. The molecule has 0 radical (unpaired) electrons. The minimum absolute atomic E-state index is 0.0799. The van der Waals surface area contributed by atoms with Gasteiger partial charge in [-0.3, -0.25) is 4.99 Å². The van der Waals surface area contributed by atoms with E-state index in [1.54, 1.807) is 18.3 Å². The van der Waals surface area contributed by atoms with Crippen LogP contribution in [0.25, 0.3) is 0 Å². The predicted molar refractivity (Wildman–Crippen MR) is 102 cm³/mol. The van der Waals surface area contributed by atoms with Gasteiger partial charge in [0, 0.05) is 11.2 Å². The maximum absolute atomic E-state index is 9.80. The van der Waals surface area contributed by atoms with E-state index >= 15 is 0 Å². The molecule has 2 aromatic carbocycles. The molecule has 4 nitrogen and oxygen atoms in total. The predicted octanol–water partition coefficient (Wildman–Crippen LogP) is 5.20. The SMILES string of the molecule is CCOc1cc(C=Nc2cc(Cl)ccc2O)cc(I)c1OCC. The third-order valence-electron chi connectivity index (χ3n) is 2.91. The second kappa shape index (κ2) is 8.40. The highest BCUT2D eigenvalue weighted by Crippen LogP contribution is 2.34. The molecule has 0 aliphatic heterocycles. The first-order chi connectivity index (χ1) is 11.0. The van der Waals surface area contributed by atoms with E-state index in [4.69, 9.17) is 21.1 Å². The van der Waals surface area contributed by atoms with Crippen LogP contribution in [-0.2, 0) is 0 Å². The Balaban J connectivity index is 2.36. The maximum Gasteiger partial charge on any atom is 0.174 e. The van der Waals surface area contributed by atoms with Crippen LogP contribution < -0.4 is 9.47 Å². The van der Waals surface area contributed by atoms with Crippen molar-refractivity contribution in [2.45, 2.75) is 13.8 Å². The van der Waals surface area contributed by atoms with E-state index in [-0.39, 0.29) is 5.75 Å². The van der Waals surface area contributed by atoms with E-state index in [1.807, 2.05) is 26.0 Å². The normalized spacial score (nSPS) is 11.0. The van der Waals surface area contributed by atoms with E-state index in [0.29, 0.717) is 29.7 Å². The summed E-state index contributed by atoms with van der Waals surface area (Å²) in [6.07, 6.45) is 1.66. The number of halogens is 2. The molecule has 0 saturated carbocycles. The molecule has 2 rings (SSSR count).